The summed E-state index contributed by atoms with van der Waals surface area (Å²) in [5.41, 5.74) is -0.532. The maximum Gasteiger partial charge on any atom is 0.259 e. The Kier molecular flexibility index (Phi) is 5.65. The third-order valence-corrected chi connectivity index (χ3v) is 3.99. The molecule has 5 nitrogen and oxygen atoms in total. The fourth-order valence-corrected chi connectivity index (χ4v) is 2.70. The number of nitrogens with zero attached hydrogens (tertiary/aromatic N) is 2. The van der Waals surface area contributed by atoms with Gasteiger partial charge in [0.1, 0.15) is 17.2 Å². The molecule has 1 saturated heterocycles. The molecule has 23 heavy (non-hydrogen) atoms. The van der Waals surface area contributed by atoms with Crippen LogP contribution in [0, 0.1) is 17.6 Å². The molecule has 2 amide bonds. The number of carbonyl (C=O) groups excluding carboxylic acids is 2. The molecule has 1 unspecified atom stereocenters. The monoisotopic (exact) mass is 325 g/mol. The highest BCUT2D eigenvalue weighted by atomic mass is 19.1. The van der Waals surface area contributed by atoms with Crippen LogP contribution in [0.3, 0.4) is 0 Å². The molecule has 1 atom stereocenters. The first-order valence-electron chi connectivity index (χ1n) is 7.62. The first-order chi connectivity index (χ1) is 11.0. The smallest absolute Gasteiger partial charge is 0.259 e. The fraction of sp³-hybridized carbons (Fsp3) is 0.500. The Labute approximate surface area is 134 Å². The van der Waals surface area contributed by atoms with Gasteiger partial charge in [0.25, 0.3) is 5.91 Å². The first kappa shape index (κ1) is 17.3. The largest absolute Gasteiger partial charge is 0.339 e. The summed E-state index contributed by atoms with van der Waals surface area (Å²) in [5, 5.41) is 2.95. The van der Waals surface area contributed by atoms with Crippen molar-refractivity contribution in [3.8, 4) is 0 Å². The zero-order valence-corrected chi connectivity index (χ0v) is 13.3. The number of nitrogens with one attached hydrogen (secondary N) is 1. The van der Waals surface area contributed by atoms with Gasteiger partial charge in [-0.3, -0.25) is 9.59 Å². The first-order valence-corrected chi connectivity index (χ1v) is 7.62. The van der Waals surface area contributed by atoms with Crippen molar-refractivity contribution < 1.29 is 18.4 Å². The number of benzene rings is 1. The third kappa shape index (κ3) is 3.85. The van der Waals surface area contributed by atoms with Gasteiger partial charge in [-0.1, -0.05) is 13.0 Å². The zero-order chi connectivity index (χ0) is 17.0. The van der Waals surface area contributed by atoms with Crippen LogP contribution in [-0.2, 0) is 4.79 Å². The molecule has 0 bridgehead atoms. The highest BCUT2D eigenvalue weighted by Gasteiger charge is 2.29. The molecule has 7 heteroatoms. The Balaban J connectivity index is 1.99. The SMILES string of the molecule is CNCC(C)C(=O)N1CCN(C(=O)c2c(F)cccc2F)CC1. The standard InChI is InChI=1S/C16H21F2N3O2/c1-11(10-19-2)15(22)20-6-8-21(9-7-20)16(23)14-12(17)4-3-5-13(14)18/h3-5,11,19H,6-10H2,1-2H3. The van der Waals surface area contributed by atoms with E-state index < -0.39 is 23.1 Å². The average molecular weight is 325 g/mol. The molecule has 2 rings (SSSR count). The number of piperazine rings is 1. The van der Waals surface area contributed by atoms with Crippen molar-refractivity contribution in [3.05, 3.63) is 35.4 Å². The Bertz CT molecular complexity index is 566. The van der Waals surface area contributed by atoms with E-state index in [2.05, 4.69) is 5.32 Å². The van der Waals surface area contributed by atoms with Crippen molar-refractivity contribution in [1.29, 1.82) is 0 Å². The number of rotatable bonds is 4. The van der Waals surface area contributed by atoms with Crippen LogP contribution in [-0.4, -0.2) is 61.4 Å². The number of halogens is 2. The predicted molar refractivity (Wildman–Crippen MR) is 81.9 cm³/mol. The summed E-state index contributed by atoms with van der Waals surface area (Å²) in [4.78, 5) is 27.6. The molecular formula is C16H21F2N3O2. The van der Waals surface area contributed by atoms with E-state index in [1.807, 2.05) is 6.92 Å². The summed E-state index contributed by atoms with van der Waals surface area (Å²) in [6.45, 7) is 3.70. The maximum absolute atomic E-state index is 13.7. The van der Waals surface area contributed by atoms with E-state index in [1.165, 1.54) is 11.0 Å². The van der Waals surface area contributed by atoms with E-state index in [-0.39, 0.29) is 24.9 Å². The van der Waals surface area contributed by atoms with Gasteiger partial charge in [0.2, 0.25) is 5.91 Å². The van der Waals surface area contributed by atoms with Gasteiger partial charge < -0.3 is 15.1 Å². The summed E-state index contributed by atoms with van der Waals surface area (Å²) in [6.07, 6.45) is 0. The quantitative estimate of drug-likeness (QED) is 0.902. The van der Waals surface area contributed by atoms with Crippen molar-refractivity contribution in [2.45, 2.75) is 6.92 Å². The van der Waals surface area contributed by atoms with Gasteiger partial charge in [-0.25, -0.2) is 8.78 Å². The average Bonchev–Trinajstić information content (AvgIpc) is 2.54. The Morgan fingerprint density at radius 1 is 1.13 bits per heavy atom. The van der Waals surface area contributed by atoms with Crippen LogP contribution in [0.4, 0.5) is 8.78 Å². The van der Waals surface area contributed by atoms with Gasteiger partial charge in [-0.2, -0.15) is 0 Å². The topological polar surface area (TPSA) is 52.7 Å². The molecule has 0 saturated carbocycles. The lowest BCUT2D eigenvalue weighted by Crippen LogP contribution is -2.52. The second kappa shape index (κ2) is 7.50. The van der Waals surface area contributed by atoms with E-state index in [1.54, 1.807) is 11.9 Å². The van der Waals surface area contributed by atoms with Crippen molar-refractivity contribution in [3.63, 3.8) is 0 Å². The van der Waals surface area contributed by atoms with Crippen LogP contribution in [0.5, 0.6) is 0 Å². The molecule has 1 aliphatic heterocycles. The highest BCUT2D eigenvalue weighted by Crippen LogP contribution is 2.16. The lowest BCUT2D eigenvalue weighted by Gasteiger charge is -2.36. The van der Waals surface area contributed by atoms with Crippen molar-refractivity contribution >= 4 is 11.8 Å². The number of amides is 2. The van der Waals surface area contributed by atoms with Crippen molar-refractivity contribution in [1.82, 2.24) is 15.1 Å². The van der Waals surface area contributed by atoms with E-state index in [0.717, 1.165) is 12.1 Å². The summed E-state index contributed by atoms with van der Waals surface area (Å²) in [5.74, 6) is -2.53. The zero-order valence-electron chi connectivity index (χ0n) is 13.3. The molecular weight excluding hydrogens is 304 g/mol. The predicted octanol–water partition coefficient (Wildman–Crippen LogP) is 1.10. The summed E-state index contributed by atoms with van der Waals surface area (Å²) < 4.78 is 27.4. The second-order valence-electron chi connectivity index (χ2n) is 5.67. The van der Waals surface area contributed by atoms with Crippen LogP contribution in [0.15, 0.2) is 18.2 Å². The molecule has 126 valence electrons. The fourth-order valence-electron chi connectivity index (χ4n) is 2.70. The molecule has 1 fully saturated rings. The molecule has 0 aliphatic carbocycles. The van der Waals surface area contributed by atoms with Crippen LogP contribution < -0.4 is 5.32 Å². The van der Waals surface area contributed by atoms with E-state index in [9.17, 15) is 18.4 Å². The van der Waals surface area contributed by atoms with Gasteiger partial charge in [0, 0.05) is 38.6 Å². The van der Waals surface area contributed by atoms with E-state index >= 15 is 0 Å². The molecule has 0 aromatic heterocycles. The number of hydrogen-bond donors (Lipinski definition) is 1. The highest BCUT2D eigenvalue weighted by molar-refractivity contribution is 5.95. The number of carbonyl (C=O) groups is 2. The molecule has 1 aromatic rings. The van der Waals surface area contributed by atoms with Crippen LogP contribution in [0.2, 0.25) is 0 Å². The molecule has 1 aliphatic rings. The van der Waals surface area contributed by atoms with E-state index in [0.29, 0.717) is 19.6 Å². The minimum absolute atomic E-state index is 0.0171. The summed E-state index contributed by atoms with van der Waals surface area (Å²) in [7, 11) is 1.78. The molecule has 0 radical (unpaired) electrons. The number of hydrogen-bond acceptors (Lipinski definition) is 3. The van der Waals surface area contributed by atoms with Crippen molar-refractivity contribution in [2.24, 2.45) is 5.92 Å². The molecule has 1 N–H and O–H groups in total. The maximum atomic E-state index is 13.7. The van der Waals surface area contributed by atoms with Gasteiger partial charge in [-0.05, 0) is 19.2 Å². The summed E-state index contributed by atoms with van der Waals surface area (Å²) in [6, 6.07) is 3.35. The van der Waals surface area contributed by atoms with E-state index in [4.69, 9.17) is 0 Å². The third-order valence-electron chi connectivity index (χ3n) is 3.99. The molecule has 0 spiro atoms. The molecule has 1 aromatic carbocycles. The van der Waals surface area contributed by atoms with Crippen LogP contribution in [0.1, 0.15) is 17.3 Å². The lowest BCUT2D eigenvalue weighted by atomic mass is 10.1. The minimum Gasteiger partial charge on any atom is -0.339 e. The van der Waals surface area contributed by atoms with Gasteiger partial charge in [-0.15, -0.1) is 0 Å². The Morgan fingerprint density at radius 2 is 1.65 bits per heavy atom. The van der Waals surface area contributed by atoms with Crippen LogP contribution >= 0.6 is 0 Å². The second-order valence-corrected chi connectivity index (χ2v) is 5.67. The van der Waals surface area contributed by atoms with Crippen molar-refractivity contribution in [2.75, 3.05) is 39.8 Å². The van der Waals surface area contributed by atoms with Gasteiger partial charge >= 0.3 is 0 Å². The minimum atomic E-state index is -0.865. The normalized spacial score (nSPS) is 16.3. The van der Waals surface area contributed by atoms with Gasteiger partial charge in [0.05, 0.1) is 0 Å². The van der Waals surface area contributed by atoms with Crippen LogP contribution in [0.25, 0.3) is 0 Å². The lowest BCUT2D eigenvalue weighted by molar-refractivity contribution is -0.136. The summed E-state index contributed by atoms with van der Waals surface area (Å²) >= 11 is 0. The Hall–Kier alpha value is -2.02. The molecule has 1 heterocycles. The Morgan fingerprint density at radius 3 is 2.17 bits per heavy atom. The van der Waals surface area contributed by atoms with Gasteiger partial charge in [0.15, 0.2) is 0 Å².